The number of carbonyl (C=O) groups excluding carboxylic acids is 1. The molecule has 2 aromatic rings. The fourth-order valence-corrected chi connectivity index (χ4v) is 6.17. The molecular weight excluding hydrogens is 450 g/mol. The fourth-order valence-electron chi connectivity index (χ4n) is 4.93. The monoisotopic (exact) mass is 485 g/mol. The van der Waals surface area contributed by atoms with E-state index >= 15 is 0 Å². The lowest BCUT2D eigenvalue weighted by atomic mass is 9.89. The number of ether oxygens (including phenoxy) is 4. The molecule has 1 aliphatic heterocycles. The molecule has 1 heterocycles. The third-order valence-electron chi connectivity index (χ3n) is 6.64. The van der Waals surface area contributed by atoms with Crippen molar-refractivity contribution in [3.05, 3.63) is 47.5 Å². The van der Waals surface area contributed by atoms with E-state index < -0.39 is 0 Å². The minimum absolute atomic E-state index is 0.0555. The number of hydrogen-bond acceptors (Lipinski definition) is 6. The predicted octanol–water partition coefficient (Wildman–Crippen LogP) is 5.33. The third-order valence-corrected chi connectivity index (χ3v) is 7.89. The van der Waals surface area contributed by atoms with Crippen molar-refractivity contribution in [1.29, 1.82) is 0 Å². The first-order valence-corrected chi connectivity index (χ1v) is 13.2. The lowest BCUT2D eigenvalue weighted by Gasteiger charge is -2.40. The zero-order valence-corrected chi connectivity index (χ0v) is 21.2. The first-order valence-electron chi connectivity index (χ1n) is 12.1. The highest BCUT2D eigenvalue weighted by Gasteiger charge is 2.43. The molecule has 184 valence electrons. The number of rotatable bonds is 10. The van der Waals surface area contributed by atoms with Crippen molar-refractivity contribution < 1.29 is 23.7 Å². The molecule has 34 heavy (non-hydrogen) atoms. The molecule has 1 atom stereocenters. The summed E-state index contributed by atoms with van der Waals surface area (Å²) in [6.07, 6.45) is 6.28. The molecule has 0 saturated heterocycles. The van der Waals surface area contributed by atoms with Crippen molar-refractivity contribution in [2.75, 3.05) is 33.1 Å². The van der Waals surface area contributed by atoms with Crippen LogP contribution in [0.5, 0.6) is 23.0 Å². The van der Waals surface area contributed by atoms with Crippen LogP contribution < -0.4 is 24.3 Å². The summed E-state index contributed by atoms with van der Waals surface area (Å²) >= 11 is 1.71. The molecule has 4 rings (SSSR count). The Balaban J connectivity index is 1.34. The lowest BCUT2D eigenvalue weighted by Crippen LogP contribution is -2.38. The van der Waals surface area contributed by atoms with Gasteiger partial charge in [-0.25, -0.2) is 0 Å². The first kappa shape index (κ1) is 24.6. The van der Waals surface area contributed by atoms with Crippen molar-refractivity contribution in [3.8, 4) is 23.0 Å². The minimum Gasteiger partial charge on any atom is -0.494 e. The lowest BCUT2D eigenvalue weighted by molar-refractivity contribution is -0.118. The summed E-state index contributed by atoms with van der Waals surface area (Å²) in [6.45, 7) is 3.20. The van der Waals surface area contributed by atoms with Gasteiger partial charge in [0.05, 0.1) is 26.6 Å². The van der Waals surface area contributed by atoms with E-state index in [1.165, 1.54) is 12.8 Å². The van der Waals surface area contributed by atoms with E-state index in [-0.39, 0.29) is 16.8 Å². The van der Waals surface area contributed by atoms with Gasteiger partial charge in [-0.2, -0.15) is 0 Å². The standard InChI is InChI=1S/C27H35NO5S/c1-4-32-20-8-10-22-21(16-20)25(17-27(33-22)12-5-6-13-27)34-18-26(29)28-14-11-19-7-9-23(30-2)24(15-19)31-3/h7-10,15-16,25H,4-6,11-14,17-18H2,1-3H3,(H,28,29)/t25-/m1/s1. The second-order valence-corrected chi connectivity index (χ2v) is 10.1. The normalized spacial score (nSPS) is 18.1. The number of fused-ring (bicyclic) bond motifs is 1. The third kappa shape index (κ3) is 5.74. The van der Waals surface area contributed by atoms with E-state index in [4.69, 9.17) is 18.9 Å². The van der Waals surface area contributed by atoms with Gasteiger partial charge >= 0.3 is 0 Å². The van der Waals surface area contributed by atoms with Gasteiger partial charge in [0.25, 0.3) is 0 Å². The van der Waals surface area contributed by atoms with E-state index in [1.807, 2.05) is 37.3 Å². The Bertz CT molecular complexity index is 989. The Morgan fingerprint density at radius 1 is 1.12 bits per heavy atom. The molecule has 1 N–H and O–H groups in total. The summed E-state index contributed by atoms with van der Waals surface area (Å²) < 4.78 is 22.9. The Hall–Kier alpha value is -2.54. The van der Waals surface area contributed by atoms with E-state index in [2.05, 4.69) is 11.4 Å². The Morgan fingerprint density at radius 3 is 2.65 bits per heavy atom. The molecule has 7 heteroatoms. The van der Waals surface area contributed by atoms with Crippen molar-refractivity contribution in [2.45, 2.75) is 56.3 Å². The molecule has 0 bridgehead atoms. The van der Waals surface area contributed by atoms with Gasteiger partial charge in [0.15, 0.2) is 11.5 Å². The quantitative estimate of drug-likeness (QED) is 0.491. The molecule has 0 aromatic heterocycles. The number of amides is 1. The van der Waals surface area contributed by atoms with Crippen LogP contribution in [0, 0.1) is 0 Å². The molecule has 1 saturated carbocycles. The van der Waals surface area contributed by atoms with E-state index in [0.29, 0.717) is 30.4 Å². The van der Waals surface area contributed by atoms with Gasteiger partial charge in [-0.05, 0) is 74.9 Å². The Kier molecular flexibility index (Phi) is 8.14. The fraction of sp³-hybridized carbons (Fsp3) is 0.519. The van der Waals surface area contributed by atoms with E-state index in [0.717, 1.165) is 48.3 Å². The number of thioether (sulfide) groups is 1. The number of carbonyl (C=O) groups is 1. The Morgan fingerprint density at radius 2 is 1.91 bits per heavy atom. The first-order chi connectivity index (χ1) is 16.6. The second kappa shape index (κ2) is 11.3. The molecule has 6 nitrogen and oxygen atoms in total. The van der Waals surface area contributed by atoms with Crippen molar-refractivity contribution in [1.82, 2.24) is 5.32 Å². The summed E-state index contributed by atoms with van der Waals surface area (Å²) in [5, 5.41) is 3.29. The van der Waals surface area contributed by atoms with Crippen LogP contribution in [-0.2, 0) is 11.2 Å². The van der Waals surface area contributed by atoms with Crippen molar-refractivity contribution in [3.63, 3.8) is 0 Å². The van der Waals surface area contributed by atoms with Gasteiger partial charge in [0.2, 0.25) is 5.91 Å². The van der Waals surface area contributed by atoms with Crippen molar-refractivity contribution >= 4 is 17.7 Å². The topological polar surface area (TPSA) is 66.0 Å². The second-order valence-electron chi connectivity index (χ2n) is 8.92. The summed E-state index contributed by atoms with van der Waals surface area (Å²) in [6, 6.07) is 12.0. The summed E-state index contributed by atoms with van der Waals surface area (Å²) in [5.41, 5.74) is 2.16. The van der Waals surface area contributed by atoms with Crippen LogP contribution in [0.25, 0.3) is 0 Å². The largest absolute Gasteiger partial charge is 0.494 e. The average molecular weight is 486 g/mol. The van der Waals surface area contributed by atoms with Crippen LogP contribution in [0.4, 0.5) is 0 Å². The highest BCUT2D eigenvalue weighted by molar-refractivity contribution is 8.00. The van der Waals surface area contributed by atoms with Gasteiger partial charge in [0.1, 0.15) is 17.1 Å². The minimum atomic E-state index is -0.0817. The zero-order valence-electron chi connectivity index (χ0n) is 20.4. The molecule has 0 radical (unpaired) electrons. The molecule has 1 spiro atoms. The summed E-state index contributed by atoms with van der Waals surface area (Å²) in [7, 11) is 3.25. The maximum atomic E-state index is 12.7. The van der Waals surface area contributed by atoms with Crippen LogP contribution in [0.3, 0.4) is 0 Å². The van der Waals surface area contributed by atoms with Gasteiger partial charge < -0.3 is 24.3 Å². The maximum Gasteiger partial charge on any atom is 0.230 e. The number of benzene rings is 2. The van der Waals surface area contributed by atoms with Crippen LogP contribution >= 0.6 is 11.8 Å². The van der Waals surface area contributed by atoms with Gasteiger partial charge in [-0.3, -0.25) is 4.79 Å². The van der Waals surface area contributed by atoms with Gasteiger partial charge in [-0.1, -0.05) is 6.07 Å². The maximum absolute atomic E-state index is 12.7. The Labute approximate surface area is 206 Å². The van der Waals surface area contributed by atoms with Gasteiger partial charge in [-0.15, -0.1) is 11.8 Å². The van der Waals surface area contributed by atoms with Crippen LogP contribution in [-0.4, -0.2) is 44.6 Å². The number of methoxy groups -OCH3 is 2. The molecular formula is C27H35NO5S. The highest BCUT2D eigenvalue weighted by Crippen LogP contribution is 2.52. The number of nitrogens with one attached hydrogen (secondary N) is 1. The van der Waals surface area contributed by atoms with Crippen LogP contribution in [0.2, 0.25) is 0 Å². The zero-order chi connectivity index (χ0) is 24.0. The molecule has 1 fully saturated rings. The average Bonchev–Trinajstić information content (AvgIpc) is 3.30. The molecule has 2 aromatic carbocycles. The molecule has 0 unspecified atom stereocenters. The van der Waals surface area contributed by atoms with Crippen molar-refractivity contribution in [2.24, 2.45) is 0 Å². The smallest absolute Gasteiger partial charge is 0.230 e. The van der Waals surface area contributed by atoms with Crippen LogP contribution in [0.15, 0.2) is 36.4 Å². The van der Waals surface area contributed by atoms with Crippen LogP contribution in [0.1, 0.15) is 55.4 Å². The molecule has 1 aliphatic carbocycles. The predicted molar refractivity (Wildman–Crippen MR) is 136 cm³/mol. The molecule has 1 amide bonds. The van der Waals surface area contributed by atoms with E-state index in [1.54, 1.807) is 26.0 Å². The molecule has 2 aliphatic rings. The summed E-state index contributed by atoms with van der Waals surface area (Å²) in [4.78, 5) is 12.7. The van der Waals surface area contributed by atoms with E-state index in [9.17, 15) is 4.79 Å². The SMILES string of the molecule is CCOc1ccc2c(c1)[C@H](SCC(=O)NCCc1ccc(OC)c(OC)c1)CC1(CCCC1)O2. The number of hydrogen-bond donors (Lipinski definition) is 1. The summed E-state index contributed by atoms with van der Waals surface area (Å²) in [5.74, 6) is 3.69. The van der Waals surface area contributed by atoms with Gasteiger partial charge in [0, 0.05) is 23.8 Å². The highest BCUT2D eigenvalue weighted by atomic mass is 32.2.